The van der Waals surface area contributed by atoms with Gasteiger partial charge >= 0.3 is 0 Å². The topological polar surface area (TPSA) is 24.5 Å². The molecule has 1 aromatic rings. The van der Waals surface area contributed by atoms with Crippen molar-refractivity contribution in [2.75, 3.05) is 32.1 Å². The monoisotopic (exact) mass is 264 g/mol. The molecule has 0 amide bonds. The average Bonchev–Trinajstić information content (AvgIpc) is 2.45. The third kappa shape index (κ3) is 4.43. The lowest BCUT2D eigenvalue weighted by Crippen LogP contribution is -2.43. The van der Waals surface area contributed by atoms with Crippen LogP contribution in [0.5, 0.6) is 5.75 Å². The fourth-order valence-electron chi connectivity index (χ4n) is 2.33. The van der Waals surface area contributed by atoms with Crippen molar-refractivity contribution in [2.45, 2.75) is 33.2 Å². The van der Waals surface area contributed by atoms with Crippen molar-refractivity contribution in [1.29, 1.82) is 0 Å². The molecule has 3 nitrogen and oxygen atoms in total. The van der Waals surface area contributed by atoms with E-state index in [0.717, 1.165) is 24.5 Å². The van der Waals surface area contributed by atoms with Crippen LogP contribution in [0, 0.1) is 5.92 Å². The Kier molecular flexibility index (Phi) is 6.71. The zero-order valence-electron chi connectivity index (χ0n) is 12.9. The molecule has 108 valence electrons. The van der Waals surface area contributed by atoms with Crippen LogP contribution in [-0.4, -0.2) is 33.3 Å². The van der Waals surface area contributed by atoms with Crippen LogP contribution in [0.1, 0.15) is 27.2 Å². The number of hydrogen-bond acceptors (Lipinski definition) is 3. The van der Waals surface area contributed by atoms with Gasteiger partial charge in [-0.15, -0.1) is 0 Å². The quantitative estimate of drug-likeness (QED) is 0.780. The summed E-state index contributed by atoms with van der Waals surface area (Å²) in [4.78, 5) is 2.28. The molecule has 0 spiro atoms. The second-order valence-electron chi connectivity index (χ2n) is 5.10. The molecule has 0 saturated carbocycles. The highest BCUT2D eigenvalue weighted by atomic mass is 16.5. The van der Waals surface area contributed by atoms with Gasteiger partial charge in [0.1, 0.15) is 5.75 Å². The number of nitrogens with one attached hydrogen (secondary N) is 1. The van der Waals surface area contributed by atoms with E-state index in [1.54, 1.807) is 7.11 Å². The van der Waals surface area contributed by atoms with E-state index in [-0.39, 0.29) is 0 Å². The van der Waals surface area contributed by atoms with E-state index in [0.29, 0.717) is 12.0 Å². The first-order valence-corrected chi connectivity index (χ1v) is 7.21. The van der Waals surface area contributed by atoms with Crippen molar-refractivity contribution >= 4 is 5.69 Å². The van der Waals surface area contributed by atoms with Crippen LogP contribution in [0.25, 0.3) is 0 Å². The number of likely N-dealkylation sites (N-methyl/N-ethyl adjacent to an activating group) is 2. The zero-order chi connectivity index (χ0) is 14.3. The third-order valence-corrected chi connectivity index (χ3v) is 3.76. The average molecular weight is 264 g/mol. The van der Waals surface area contributed by atoms with Gasteiger partial charge in [-0.2, -0.15) is 0 Å². The lowest BCUT2D eigenvalue weighted by molar-refractivity contribution is 0.373. The summed E-state index contributed by atoms with van der Waals surface area (Å²) in [5.41, 5.74) is 1.15. The standard InChI is InChI=1S/C16H28N2O/c1-6-13(3)14(17-7-2)12-18(4)15-10-8-9-11-16(15)19-5/h8-11,13-14,17H,6-7,12H2,1-5H3. The number of anilines is 1. The maximum Gasteiger partial charge on any atom is 0.142 e. The van der Waals surface area contributed by atoms with E-state index in [1.165, 1.54) is 6.42 Å². The Balaban J connectivity index is 2.78. The summed E-state index contributed by atoms with van der Waals surface area (Å²) >= 11 is 0. The number of nitrogens with zero attached hydrogens (tertiary/aromatic N) is 1. The minimum absolute atomic E-state index is 0.505. The van der Waals surface area contributed by atoms with E-state index >= 15 is 0 Å². The normalized spacial score (nSPS) is 13.9. The van der Waals surface area contributed by atoms with Gasteiger partial charge in [-0.1, -0.05) is 39.3 Å². The summed E-state index contributed by atoms with van der Waals surface area (Å²) in [5.74, 6) is 1.60. The molecule has 1 rings (SSSR count). The Bertz CT molecular complexity index is 368. The highest BCUT2D eigenvalue weighted by Crippen LogP contribution is 2.27. The SMILES string of the molecule is CCNC(CN(C)c1ccccc1OC)C(C)CC. The van der Waals surface area contributed by atoms with Gasteiger partial charge in [0.05, 0.1) is 12.8 Å². The first-order chi connectivity index (χ1) is 9.13. The van der Waals surface area contributed by atoms with Crippen LogP contribution in [0.15, 0.2) is 24.3 Å². The maximum absolute atomic E-state index is 5.43. The van der Waals surface area contributed by atoms with Gasteiger partial charge in [0, 0.05) is 19.6 Å². The maximum atomic E-state index is 5.43. The largest absolute Gasteiger partial charge is 0.495 e. The van der Waals surface area contributed by atoms with E-state index < -0.39 is 0 Å². The van der Waals surface area contributed by atoms with Crippen LogP contribution in [-0.2, 0) is 0 Å². The molecule has 0 aliphatic rings. The van der Waals surface area contributed by atoms with Crippen LogP contribution >= 0.6 is 0 Å². The first kappa shape index (κ1) is 15.8. The number of hydrogen-bond donors (Lipinski definition) is 1. The summed E-state index contributed by atoms with van der Waals surface area (Å²) in [6.07, 6.45) is 1.19. The number of methoxy groups -OCH3 is 1. The minimum Gasteiger partial charge on any atom is -0.495 e. The van der Waals surface area contributed by atoms with Crippen molar-refractivity contribution in [2.24, 2.45) is 5.92 Å². The van der Waals surface area contributed by atoms with Crippen LogP contribution < -0.4 is 15.0 Å². The van der Waals surface area contributed by atoms with Crippen molar-refractivity contribution < 1.29 is 4.74 Å². The zero-order valence-corrected chi connectivity index (χ0v) is 12.9. The molecule has 2 unspecified atom stereocenters. The second-order valence-corrected chi connectivity index (χ2v) is 5.10. The molecule has 0 saturated heterocycles. The number of para-hydroxylation sites is 2. The number of rotatable bonds is 8. The van der Waals surface area contributed by atoms with E-state index in [1.807, 2.05) is 12.1 Å². The van der Waals surface area contributed by atoms with Gasteiger partial charge < -0.3 is 15.0 Å². The smallest absolute Gasteiger partial charge is 0.142 e. The summed E-state index contributed by atoms with van der Waals surface area (Å²) in [5, 5.41) is 3.59. The Morgan fingerprint density at radius 3 is 2.53 bits per heavy atom. The molecular weight excluding hydrogens is 236 g/mol. The predicted molar refractivity (Wildman–Crippen MR) is 83.2 cm³/mol. The highest BCUT2D eigenvalue weighted by molar-refractivity contribution is 5.57. The molecule has 0 aliphatic heterocycles. The second kappa shape index (κ2) is 8.05. The van der Waals surface area contributed by atoms with Crippen molar-refractivity contribution in [3.8, 4) is 5.75 Å². The molecule has 0 bridgehead atoms. The van der Waals surface area contributed by atoms with Crippen LogP contribution in [0.2, 0.25) is 0 Å². The summed E-state index contributed by atoms with van der Waals surface area (Å²) in [7, 11) is 3.85. The van der Waals surface area contributed by atoms with Gasteiger partial charge in [0.15, 0.2) is 0 Å². The summed E-state index contributed by atoms with van der Waals surface area (Å²) in [6.45, 7) is 8.72. The molecule has 0 heterocycles. The van der Waals surface area contributed by atoms with Crippen molar-refractivity contribution in [1.82, 2.24) is 5.32 Å². The molecule has 0 radical (unpaired) electrons. The molecule has 19 heavy (non-hydrogen) atoms. The van der Waals surface area contributed by atoms with E-state index in [4.69, 9.17) is 4.74 Å². The molecule has 1 N–H and O–H groups in total. The fourth-order valence-corrected chi connectivity index (χ4v) is 2.33. The Hall–Kier alpha value is -1.22. The van der Waals surface area contributed by atoms with E-state index in [9.17, 15) is 0 Å². The predicted octanol–water partition coefficient (Wildman–Crippen LogP) is 3.16. The van der Waals surface area contributed by atoms with Gasteiger partial charge in [0.2, 0.25) is 0 Å². The highest BCUT2D eigenvalue weighted by Gasteiger charge is 2.18. The number of benzene rings is 1. The molecule has 0 fully saturated rings. The molecule has 0 aliphatic carbocycles. The summed E-state index contributed by atoms with van der Waals surface area (Å²) in [6, 6.07) is 8.69. The molecule has 2 atom stereocenters. The number of ether oxygens (including phenoxy) is 1. The molecule has 0 aromatic heterocycles. The Morgan fingerprint density at radius 1 is 1.26 bits per heavy atom. The van der Waals surface area contributed by atoms with Crippen molar-refractivity contribution in [3.05, 3.63) is 24.3 Å². The van der Waals surface area contributed by atoms with E-state index in [2.05, 4.69) is 50.2 Å². The first-order valence-electron chi connectivity index (χ1n) is 7.21. The molecule has 1 aromatic carbocycles. The van der Waals surface area contributed by atoms with Gasteiger partial charge in [-0.25, -0.2) is 0 Å². The Morgan fingerprint density at radius 2 is 1.95 bits per heavy atom. The van der Waals surface area contributed by atoms with Crippen molar-refractivity contribution in [3.63, 3.8) is 0 Å². The fraction of sp³-hybridized carbons (Fsp3) is 0.625. The summed E-state index contributed by atoms with van der Waals surface area (Å²) < 4.78 is 5.43. The van der Waals surface area contributed by atoms with Crippen LogP contribution in [0.4, 0.5) is 5.69 Å². The van der Waals surface area contributed by atoms with Gasteiger partial charge in [0.25, 0.3) is 0 Å². The third-order valence-electron chi connectivity index (χ3n) is 3.76. The lowest BCUT2D eigenvalue weighted by Gasteiger charge is -2.30. The molecule has 3 heteroatoms. The Labute approximate surface area is 118 Å². The lowest BCUT2D eigenvalue weighted by atomic mass is 9.98. The van der Waals surface area contributed by atoms with Crippen LogP contribution in [0.3, 0.4) is 0 Å². The van der Waals surface area contributed by atoms with Gasteiger partial charge in [-0.05, 0) is 24.6 Å². The minimum atomic E-state index is 0.505. The van der Waals surface area contributed by atoms with Gasteiger partial charge in [-0.3, -0.25) is 0 Å². The molecular formula is C16H28N2O.